The van der Waals surface area contributed by atoms with Gasteiger partial charge in [0.2, 0.25) is 5.95 Å². The molecule has 3 amide bonds. The second-order valence-electron chi connectivity index (χ2n) is 9.74. The van der Waals surface area contributed by atoms with Gasteiger partial charge in [-0.2, -0.15) is 4.98 Å². The molecule has 2 N–H and O–H groups in total. The normalized spacial score (nSPS) is 14.9. The highest BCUT2D eigenvalue weighted by atomic mass is 16.2. The molecule has 1 aliphatic rings. The van der Waals surface area contributed by atoms with Crippen molar-refractivity contribution in [1.82, 2.24) is 20.6 Å². The minimum Gasteiger partial charge on any atom is -0.336 e. The Hall–Kier alpha value is -3.16. The van der Waals surface area contributed by atoms with E-state index in [0.29, 0.717) is 36.1 Å². The molecule has 2 aromatic rings. The van der Waals surface area contributed by atoms with E-state index in [1.807, 2.05) is 20.8 Å². The van der Waals surface area contributed by atoms with Crippen LogP contribution in [0.2, 0.25) is 0 Å². The molecule has 1 unspecified atom stereocenters. The van der Waals surface area contributed by atoms with Gasteiger partial charge in [0.1, 0.15) is 11.9 Å². The Kier molecular flexibility index (Phi) is 8.35. The minimum absolute atomic E-state index is 0.0366. The first-order valence-electron chi connectivity index (χ1n) is 12.7. The van der Waals surface area contributed by atoms with E-state index in [1.165, 1.54) is 5.56 Å². The predicted octanol–water partition coefficient (Wildman–Crippen LogP) is 5.15. The predicted molar refractivity (Wildman–Crippen MR) is 142 cm³/mol. The van der Waals surface area contributed by atoms with E-state index in [9.17, 15) is 9.59 Å². The van der Waals surface area contributed by atoms with Crippen molar-refractivity contribution in [2.24, 2.45) is 0 Å². The molecular weight excluding hydrogens is 440 g/mol. The fraction of sp³-hybridized carbons (Fsp3) is 0.556. The number of anilines is 3. The number of carbonyl (C=O) groups is 2. The number of benzene rings is 1. The van der Waals surface area contributed by atoms with Crippen molar-refractivity contribution in [3.05, 3.63) is 40.1 Å². The van der Waals surface area contributed by atoms with Gasteiger partial charge in [-0.25, -0.2) is 9.78 Å². The van der Waals surface area contributed by atoms with E-state index in [-0.39, 0.29) is 18.0 Å². The lowest BCUT2D eigenvalue weighted by molar-refractivity contribution is -0.119. The molecule has 0 bridgehead atoms. The van der Waals surface area contributed by atoms with E-state index in [1.54, 1.807) is 4.90 Å². The highest BCUT2D eigenvalue weighted by molar-refractivity contribution is 6.05. The third-order valence-corrected chi connectivity index (χ3v) is 6.31. The zero-order chi connectivity index (χ0) is 25.9. The van der Waals surface area contributed by atoms with Crippen LogP contribution in [0.5, 0.6) is 0 Å². The van der Waals surface area contributed by atoms with Crippen molar-refractivity contribution < 1.29 is 9.59 Å². The molecule has 0 saturated heterocycles. The average molecular weight is 481 g/mol. The summed E-state index contributed by atoms with van der Waals surface area (Å²) in [4.78, 5) is 39.6. The standard InChI is InChI=1S/C27H40N6O2/c1-9-11-12-13-33-24-21(22(25(33)34)30-27(35)28-16(3)4)20(8)29-26(31-24)32(10-2)23-18(6)14-17(5)15-19(23)7/h14-16,22H,9-13H2,1-8H3,(H2,28,30,35). The van der Waals surface area contributed by atoms with Crippen LogP contribution in [0.3, 0.4) is 0 Å². The fourth-order valence-corrected chi connectivity index (χ4v) is 4.90. The molecule has 1 aromatic carbocycles. The van der Waals surface area contributed by atoms with Crippen molar-refractivity contribution >= 4 is 29.4 Å². The summed E-state index contributed by atoms with van der Waals surface area (Å²) in [5.41, 5.74) is 6.01. The van der Waals surface area contributed by atoms with Gasteiger partial charge >= 0.3 is 6.03 Å². The molecule has 1 aromatic heterocycles. The summed E-state index contributed by atoms with van der Waals surface area (Å²) in [5, 5.41) is 5.68. The van der Waals surface area contributed by atoms with Crippen molar-refractivity contribution in [1.29, 1.82) is 0 Å². The SMILES string of the molecule is CCCCCN1C(=O)C(NC(=O)NC(C)C)c2c(C)nc(N(CC)c3c(C)cc(C)cc3C)nc21. The van der Waals surface area contributed by atoms with Gasteiger partial charge in [-0.05, 0) is 66.0 Å². The molecule has 0 aliphatic carbocycles. The Morgan fingerprint density at radius 3 is 2.31 bits per heavy atom. The molecule has 0 radical (unpaired) electrons. The first-order valence-corrected chi connectivity index (χ1v) is 12.7. The van der Waals surface area contributed by atoms with Gasteiger partial charge in [-0.1, -0.05) is 37.5 Å². The number of nitrogens with zero attached hydrogens (tertiary/aromatic N) is 4. The monoisotopic (exact) mass is 480 g/mol. The molecule has 1 aliphatic heterocycles. The fourth-order valence-electron chi connectivity index (χ4n) is 4.90. The zero-order valence-corrected chi connectivity index (χ0v) is 22.5. The Morgan fingerprint density at radius 1 is 1.09 bits per heavy atom. The second kappa shape index (κ2) is 11.1. The van der Waals surface area contributed by atoms with Crippen molar-refractivity contribution in [2.75, 3.05) is 22.9 Å². The highest BCUT2D eigenvalue weighted by Crippen LogP contribution is 2.39. The number of urea groups is 1. The number of rotatable bonds is 9. The van der Waals surface area contributed by atoms with Gasteiger partial charge in [-0.15, -0.1) is 0 Å². The third-order valence-electron chi connectivity index (χ3n) is 6.31. The maximum Gasteiger partial charge on any atom is 0.315 e. The van der Waals surface area contributed by atoms with E-state index >= 15 is 0 Å². The third kappa shape index (κ3) is 5.57. The Morgan fingerprint density at radius 2 is 1.74 bits per heavy atom. The van der Waals surface area contributed by atoms with Crippen LogP contribution in [0.1, 0.15) is 80.9 Å². The number of amides is 3. The molecule has 190 valence electrons. The van der Waals surface area contributed by atoms with Gasteiger partial charge < -0.3 is 15.5 Å². The van der Waals surface area contributed by atoms with Crippen LogP contribution in [0.4, 0.5) is 22.2 Å². The van der Waals surface area contributed by atoms with E-state index in [2.05, 4.69) is 62.3 Å². The number of nitrogens with one attached hydrogen (secondary N) is 2. The number of carbonyl (C=O) groups excluding carboxylic acids is 2. The summed E-state index contributed by atoms with van der Waals surface area (Å²) in [7, 11) is 0. The lowest BCUT2D eigenvalue weighted by Gasteiger charge is -2.27. The van der Waals surface area contributed by atoms with Crippen LogP contribution in [-0.2, 0) is 4.79 Å². The Bertz CT molecular complexity index is 1070. The van der Waals surface area contributed by atoms with E-state index < -0.39 is 6.04 Å². The molecule has 1 atom stereocenters. The molecule has 0 fully saturated rings. The minimum atomic E-state index is -0.794. The summed E-state index contributed by atoms with van der Waals surface area (Å²) in [5.74, 6) is 1.01. The Labute approximate surface area is 209 Å². The molecule has 0 spiro atoms. The Balaban J connectivity index is 2.08. The van der Waals surface area contributed by atoms with E-state index in [0.717, 1.165) is 36.1 Å². The topological polar surface area (TPSA) is 90.5 Å². The molecule has 0 saturated carbocycles. The molecular formula is C27H40N6O2. The number of fused-ring (bicyclic) bond motifs is 1. The smallest absolute Gasteiger partial charge is 0.315 e. The lowest BCUT2D eigenvalue weighted by Crippen LogP contribution is -2.44. The molecule has 2 heterocycles. The largest absolute Gasteiger partial charge is 0.336 e. The van der Waals surface area contributed by atoms with Gasteiger partial charge in [0.05, 0.1) is 5.69 Å². The van der Waals surface area contributed by atoms with Gasteiger partial charge in [0.15, 0.2) is 0 Å². The van der Waals surface area contributed by atoms with Crippen LogP contribution >= 0.6 is 0 Å². The maximum absolute atomic E-state index is 13.5. The van der Waals surface area contributed by atoms with Crippen LogP contribution in [0, 0.1) is 27.7 Å². The second-order valence-corrected chi connectivity index (χ2v) is 9.74. The van der Waals surface area contributed by atoms with Crippen molar-refractivity contribution in [2.45, 2.75) is 86.7 Å². The maximum atomic E-state index is 13.5. The number of aryl methyl sites for hydroxylation is 4. The molecule has 3 rings (SSSR count). The summed E-state index contributed by atoms with van der Waals surface area (Å²) in [6, 6.07) is 3.13. The summed E-state index contributed by atoms with van der Waals surface area (Å²) in [6.07, 6.45) is 2.94. The van der Waals surface area contributed by atoms with Gasteiger partial charge in [0, 0.05) is 30.4 Å². The molecule has 35 heavy (non-hydrogen) atoms. The first-order chi connectivity index (χ1) is 16.6. The van der Waals surface area contributed by atoms with Gasteiger partial charge in [0.25, 0.3) is 5.91 Å². The van der Waals surface area contributed by atoms with Crippen LogP contribution in [-0.4, -0.2) is 41.0 Å². The first kappa shape index (κ1) is 26.4. The quantitative estimate of drug-likeness (QED) is 0.484. The number of aromatic nitrogens is 2. The van der Waals surface area contributed by atoms with E-state index in [4.69, 9.17) is 9.97 Å². The summed E-state index contributed by atoms with van der Waals surface area (Å²) in [6.45, 7) is 17.4. The zero-order valence-electron chi connectivity index (χ0n) is 22.5. The highest BCUT2D eigenvalue weighted by Gasteiger charge is 2.42. The van der Waals surface area contributed by atoms with Crippen molar-refractivity contribution in [3.8, 4) is 0 Å². The van der Waals surface area contributed by atoms with Gasteiger partial charge in [-0.3, -0.25) is 9.69 Å². The van der Waals surface area contributed by atoms with Crippen LogP contribution < -0.4 is 20.4 Å². The number of hydrogen-bond donors (Lipinski definition) is 2. The van der Waals surface area contributed by atoms with Crippen LogP contribution in [0.25, 0.3) is 0 Å². The summed E-state index contributed by atoms with van der Waals surface area (Å²) < 4.78 is 0. The van der Waals surface area contributed by atoms with Crippen LogP contribution in [0.15, 0.2) is 12.1 Å². The number of unbranched alkanes of at least 4 members (excludes halogenated alkanes) is 2. The molecule has 8 heteroatoms. The lowest BCUT2D eigenvalue weighted by atomic mass is 10.0. The number of hydrogen-bond acceptors (Lipinski definition) is 5. The average Bonchev–Trinajstić information content (AvgIpc) is 3.01. The summed E-state index contributed by atoms with van der Waals surface area (Å²) >= 11 is 0. The molecule has 8 nitrogen and oxygen atoms in total. The van der Waals surface area contributed by atoms with Crippen molar-refractivity contribution in [3.63, 3.8) is 0 Å².